The van der Waals surface area contributed by atoms with E-state index in [1.165, 1.54) is 38.5 Å². The van der Waals surface area contributed by atoms with E-state index in [2.05, 4.69) is 18.3 Å². The van der Waals surface area contributed by atoms with Gasteiger partial charge in [0.1, 0.15) is 5.75 Å². The Kier molecular flexibility index (Phi) is 5.26. The molecule has 0 aliphatic heterocycles. The van der Waals surface area contributed by atoms with Crippen molar-refractivity contribution >= 4 is 0 Å². The highest BCUT2D eigenvalue weighted by Crippen LogP contribution is 2.28. The van der Waals surface area contributed by atoms with E-state index >= 15 is 0 Å². The van der Waals surface area contributed by atoms with Crippen LogP contribution in [0.3, 0.4) is 0 Å². The molecule has 0 heterocycles. The SMILES string of the molecule is Cc1ccc(C(C)NCCCC2CCCC2)c(O)c1. The Morgan fingerprint density at radius 3 is 2.74 bits per heavy atom. The van der Waals surface area contributed by atoms with Gasteiger partial charge in [0.05, 0.1) is 0 Å². The number of hydrogen-bond donors (Lipinski definition) is 2. The fourth-order valence-corrected chi connectivity index (χ4v) is 3.14. The predicted octanol–water partition coefficient (Wildman–Crippen LogP) is 4.32. The zero-order chi connectivity index (χ0) is 13.7. The lowest BCUT2D eigenvalue weighted by atomic mass is 10.0. The van der Waals surface area contributed by atoms with Crippen molar-refractivity contribution in [1.82, 2.24) is 5.32 Å². The van der Waals surface area contributed by atoms with Crippen LogP contribution in [0.1, 0.15) is 62.6 Å². The molecule has 2 heteroatoms. The van der Waals surface area contributed by atoms with Crippen molar-refractivity contribution in [2.75, 3.05) is 6.54 Å². The fraction of sp³-hybridized carbons (Fsp3) is 0.647. The molecule has 0 bridgehead atoms. The molecule has 19 heavy (non-hydrogen) atoms. The summed E-state index contributed by atoms with van der Waals surface area (Å²) in [5.41, 5.74) is 2.11. The Labute approximate surface area is 117 Å². The normalized spacial score (nSPS) is 17.8. The molecule has 0 aromatic heterocycles. The van der Waals surface area contributed by atoms with Crippen LogP contribution in [0.15, 0.2) is 18.2 Å². The summed E-state index contributed by atoms with van der Waals surface area (Å²) in [6.45, 7) is 5.17. The maximum atomic E-state index is 9.95. The van der Waals surface area contributed by atoms with E-state index in [1.807, 2.05) is 19.1 Å². The molecule has 1 atom stereocenters. The summed E-state index contributed by atoms with van der Waals surface area (Å²) in [7, 11) is 0. The summed E-state index contributed by atoms with van der Waals surface area (Å²) in [5.74, 6) is 1.39. The zero-order valence-corrected chi connectivity index (χ0v) is 12.3. The summed E-state index contributed by atoms with van der Waals surface area (Å²) in [6.07, 6.45) is 8.36. The number of nitrogens with one attached hydrogen (secondary N) is 1. The van der Waals surface area contributed by atoms with Gasteiger partial charge in [0.15, 0.2) is 0 Å². The van der Waals surface area contributed by atoms with Gasteiger partial charge in [0.25, 0.3) is 0 Å². The molecule has 1 fully saturated rings. The lowest BCUT2D eigenvalue weighted by Crippen LogP contribution is -2.20. The van der Waals surface area contributed by atoms with E-state index in [4.69, 9.17) is 0 Å². The second-order valence-electron chi connectivity index (χ2n) is 6.03. The summed E-state index contributed by atoms with van der Waals surface area (Å²) in [5, 5.41) is 13.5. The van der Waals surface area contributed by atoms with E-state index in [9.17, 15) is 5.11 Å². The van der Waals surface area contributed by atoms with Crippen LogP contribution in [-0.4, -0.2) is 11.7 Å². The number of aromatic hydroxyl groups is 1. The highest BCUT2D eigenvalue weighted by molar-refractivity contribution is 5.37. The van der Waals surface area contributed by atoms with E-state index in [0.29, 0.717) is 5.75 Å². The molecule has 1 saturated carbocycles. The van der Waals surface area contributed by atoms with Crippen molar-refractivity contribution in [3.05, 3.63) is 29.3 Å². The maximum absolute atomic E-state index is 9.95. The van der Waals surface area contributed by atoms with Gasteiger partial charge in [0, 0.05) is 11.6 Å². The van der Waals surface area contributed by atoms with Crippen LogP contribution in [0.25, 0.3) is 0 Å². The Morgan fingerprint density at radius 2 is 2.05 bits per heavy atom. The minimum atomic E-state index is 0.226. The van der Waals surface area contributed by atoms with Crippen molar-refractivity contribution in [3.8, 4) is 5.75 Å². The van der Waals surface area contributed by atoms with E-state index in [0.717, 1.165) is 23.6 Å². The van der Waals surface area contributed by atoms with Gasteiger partial charge in [-0.15, -0.1) is 0 Å². The first-order valence-electron chi connectivity index (χ1n) is 7.69. The van der Waals surface area contributed by atoms with Crippen LogP contribution in [0.2, 0.25) is 0 Å². The van der Waals surface area contributed by atoms with Crippen molar-refractivity contribution in [2.45, 2.75) is 58.4 Å². The largest absolute Gasteiger partial charge is 0.508 e. The van der Waals surface area contributed by atoms with Crippen LogP contribution in [0.5, 0.6) is 5.75 Å². The minimum absolute atomic E-state index is 0.226. The number of rotatable bonds is 6. The highest BCUT2D eigenvalue weighted by Gasteiger charge is 2.14. The summed E-state index contributed by atoms with van der Waals surface area (Å²) < 4.78 is 0. The Balaban J connectivity index is 1.72. The van der Waals surface area contributed by atoms with Gasteiger partial charge in [0.2, 0.25) is 0 Å². The second kappa shape index (κ2) is 6.95. The molecule has 0 radical (unpaired) electrons. The summed E-state index contributed by atoms with van der Waals surface area (Å²) in [4.78, 5) is 0. The lowest BCUT2D eigenvalue weighted by molar-refractivity contribution is 0.437. The average molecular weight is 261 g/mol. The standard InChI is InChI=1S/C17H27NO/c1-13-9-10-16(17(19)12-13)14(2)18-11-5-8-15-6-3-4-7-15/h9-10,12,14-15,18-19H,3-8,11H2,1-2H3. The van der Waals surface area contributed by atoms with E-state index < -0.39 is 0 Å². The minimum Gasteiger partial charge on any atom is -0.508 e. The van der Waals surface area contributed by atoms with E-state index in [1.54, 1.807) is 0 Å². The predicted molar refractivity (Wildman–Crippen MR) is 80.5 cm³/mol. The van der Waals surface area contributed by atoms with Gasteiger partial charge in [-0.2, -0.15) is 0 Å². The van der Waals surface area contributed by atoms with Crippen molar-refractivity contribution < 1.29 is 5.11 Å². The quantitative estimate of drug-likeness (QED) is 0.747. The Hall–Kier alpha value is -1.02. The third-order valence-electron chi connectivity index (χ3n) is 4.37. The number of hydrogen-bond acceptors (Lipinski definition) is 2. The summed E-state index contributed by atoms with van der Waals surface area (Å²) in [6, 6.07) is 6.15. The molecule has 0 saturated heterocycles. The third kappa shape index (κ3) is 4.24. The van der Waals surface area contributed by atoms with Gasteiger partial charge in [-0.25, -0.2) is 0 Å². The molecule has 106 valence electrons. The molecule has 0 spiro atoms. The maximum Gasteiger partial charge on any atom is 0.120 e. The molecule has 2 N–H and O–H groups in total. The molecular formula is C17H27NO. The van der Waals surface area contributed by atoms with Gasteiger partial charge in [-0.3, -0.25) is 0 Å². The topological polar surface area (TPSA) is 32.3 Å². The smallest absolute Gasteiger partial charge is 0.120 e. The fourth-order valence-electron chi connectivity index (χ4n) is 3.14. The van der Waals surface area contributed by atoms with Crippen LogP contribution in [0, 0.1) is 12.8 Å². The Morgan fingerprint density at radius 1 is 1.32 bits per heavy atom. The lowest BCUT2D eigenvalue weighted by Gasteiger charge is -2.17. The molecule has 0 amide bonds. The van der Waals surface area contributed by atoms with E-state index in [-0.39, 0.29) is 6.04 Å². The molecule has 1 aliphatic carbocycles. The molecule has 1 aromatic carbocycles. The first-order valence-corrected chi connectivity index (χ1v) is 7.69. The Bertz CT molecular complexity index is 396. The molecule has 1 aliphatic rings. The van der Waals surface area contributed by atoms with Gasteiger partial charge >= 0.3 is 0 Å². The van der Waals surface area contributed by atoms with Crippen molar-refractivity contribution in [2.24, 2.45) is 5.92 Å². The number of aryl methyl sites for hydroxylation is 1. The molecule has 2 rings (SSSR count). The van der Waals surface area contributed by atoms with Gasteiger partial charge < -0.3 is 10.4 Å². The summed E-state index contributed by atoms with van der Waals surface area (Å²) >= 11 is 0. The van der Waals surface area contributed by atoms with Crippen molar-refractivity contribution in [3.63, 3.8) is 0 Å². The molecule has 1 unspecified atom stereocenters. The van der Waals surface area contributed by atoms with Crippen molar-refractivity contribution in [1.29, 1.82) is 0 Å². The monoisotopic (exact) mass is 261 g/mol. The van der Waals surface area contributed by atoms with Crippen LogP contribution >= 0.6 is 0 Å². The molecule has 2 nitrogen and oxygen atoms in total. The van der Waals surface area contributed by atoms with Crippen LogP contribution in [0.4, 0.5) is 0 Å². The second-order valence-corrected chi connectivity index (χ2v) is 6.03. The van der Waals surface area contributed by atoms with Gasteiger partial charge in [-0.1, -0.05) is 37.8 Å². The van der Waals surface area contributed by atoms with Crippen LogP contribution in [-0.2, 0) is 0 Å². The third-order valence-corrected chi connectivity index (χ3v) is 4.37. The number of phenols is 1. The van der Waals surface area contributed by atoms with Gasteiger partial charge in [-0.05, 0) is 50.8 Å². The first kappa shape index (κ1) is 14.4. The number of phenolic OH excluding ortho intramolecular Hbond substituents is 1. The number of benzene rings is 1. The first-order chi connectivity index (χ1) is 9.16. The average Bonchev–Trinajstić information content (AvgIpc) is 2.87. The highest BCUT2D eigenvalue weighted by atomic mass is 16.3. The molecular weight excluding hydrogens is 234 g/mol. The van der Waals surface area contributed by atoms with Crippen LogP contribution < -0.4 is 5.32 Å². The zero-order valence-electron chi connectivity index (χ0n) is 12.3. The molecule has 1 aromatic rings.